The number of hydrogen-bond acceptors (Lipinski definition) is 4. The summed E-state index contributed by atoms with van der Waals surface area (Å²) in [6.45, 7) is 4.20. The summed E-state index contributed by atoms with van der Waals surface area (Å²) in [5.74, 6) is -0.0913. The first-order chi connectivity index (χ1) is 16.9. The van der Waals surface area contributed by atoms with Gasteiger partial charge in [-0.1, -0.05) is 48.5 Å². The standard InChI is InChI=1S/C29H22N4O2/c1-29(2)22-11-7-8-12-23(22)33(3)25(29)13-20-27(19(15-30)16-31)21(28(20)34)14-26-32-17-24(35-26)18-9-5-4-6-10-18/h4-14,17,21H,1-3H3/b20-13-,26-14-. The van der Waals surface area contributed by atoms with Crippen molar-refractivity contribution in [1.82, 2.24) is 0 Å². The number of carbonyl (C=O) groups is 1. The van der Waals surface area contributed by atoms with Gasteiger partial charge in [-0.15, -0.1) is 6.20 Å². The smallest absolute Gasteiger partial charge is 0.209 e. The number of nitrogens with zero attached hydrogens (tertiary/aromatic N) is 4. The van der Waals surface area contributed by atoms with Gasteiger partial charge in [0.15, 0.2) is 11.5 Å². The summed E-state index contributed by atoms with van der Waals surface area (Å²) in [5, 5.41) is 23.5. The van der Waals surface area contributed by atoms with E-state index in [4.69, 9.17) is 4.74 Å². The Morgan fingerprint density at radius 2 is 1.77 bits per heavy atom. The Bertz CT molecular complexity index is 1490. The van der Waals surface area contributed by atoms with E-state index in [1.807, 2.05) is 73.8 Å². The van der Waals surface area contributed by atoms with Gasteiger partial charge in [-0.25, -0.2) is 0 Å². The maximum absolute atomic E-state index is 13.3. The molecule has 0 N–H and O–H groups in total. The van der Waals surface area contributed by atoms with Gasteiger partial charge in [0, 0.05) is 40.3 Å². The van der Waals surface area contributed by atoms with Crippen LogP contribution in [0.2, 0.25) is 0 Å². The van der Waals surface area contributed by atoms with Crippen LogP contribution in [0.25, 0.3) is 11.1 Å². The molecule has 0 saturated heterocycles. The molecular formula is C29H22N4O2. The molecule has 170 valence electrons. The molecule has 0 amide bonds. The Balaban J connectivity index is 1.50. The molecule has 2 heterocycles. The average molecular weight is 459 g/mol. The van der Waals surface area contributed by atoms with Gasteiger partial charge in [-0.3, -0.25) is 4.79 Å². The van der Waals surface area contributed by atoms with Gasteiger partial charge >= 0.3 is 0 Å². The van der Waals surface area contributed by atoms with E-state index in [-0.39, 0.29) is 22.7 Å². The summed E-state index contributed by atoms with van der Waals surface area (Å²) >= 11 is 0. The highest BCUT2D eigenvalue weighted by Crippen LogP contribution is 2.44. The largest absolute Gasteiger partial charge is 0.630 e. The summed E-state index contributed by atoms with van der Waals surface area (Å²) in [6, 6.07) is 21.5. The molecule has 6 nitrogen and oxygen atoms in total. The average Bonchev–Trinajstić information content (AvgIpc) is 3.42. The lowest BCUT2D eigenvalue weighted by molar-refractivity contribution is -0.401. The van der Waals surface area contributed by atoms with Crippen molar-refractivity contribution in [2.75, 3.05) is 7.05 Å². The van der Waals surface area contributed by atoms with E-state index in [1.165, 1.54) is 0 Å². The van der Waals surface area contributed by atoms with Crippen molar-refractivity contribution in [1.29, 1.82) is 10.5 Å². The number of para-hydroxylation sites is 1. The molecule has 1 fully saturated rings. The molecule has 2 aromatic carbocycles. The van der Waals surface area contributed by atoms with Crippen LogP contribution in [0, 0.1) is 28.6 Å². The number of nitriles is 2. The Kier molecular flexibility index (Phi) is 5.23. The van der Waals surface area contributed by atoms with Crippen molar-refractivity contribution in [3.05, 3.63) is 112 Å². The molecule has 2 aromatic rings. The van der Waals surface area contributed by atoms with Crippen molar-refractivity contribution < 1.29 is 14.1 Å². The minimum atomic E-state index is -0.768. The van der Waals surface area contributed by atoms with Gasteiger partial charge in [0.25, 0.3) is 0 Å². The molecule has 1 aliphatic carbocycles. The second-order valence-electron chi connectivity index (χ2n) is 9.09. The second-order valence-corrected chi connectivity index (χ2v) is 9.09. The van der Waals surface area contributed by atoms with Crippen molar-refractivity contribution >= 4 is 22.9 Å². The SMILES string of the molecule is C[N+]1=C(/C=C2\C(=O)C(/C=C3/[N-]C=C(c4ccccc4)O3)C2=C(C#N)C#N)C(C)(C)c2ccccc21. The van der Waals surface area contributed by atoms with Crippen LogP contribution < -0.4 is 0 Å². The van der Waals surface area contributed by atoms with Crippen LogP contribution >= 0.6 is 0 Å². The third-order valence-corrected chi connectivity index (χ3v) is 6.75. The molecule has 5 rings (SSSR count). The van der Waals surface area contributed by atoms with E-state index in [2.05, 4.69) is 29.8 Å². The first-order valence-electron chi connectivity index (χ1n) is 11.2. The molecular weight excluding hydrogens is 436 g/mol. The third kappa shape index (κ3) is 3.48. The van der Waals surface area contributed by atoms with Gasteiger partial charge in [0.05, 0.1) is 11.3 Å². The second kappa shape index (κ2) is 8.27. The van der Waals surface area contributed by atoms with Crippen molar-refractivity contribution in [3.8, 4) is 12.1 Å². The zero-order valence-electron chi connectivity index (χ0n) is 19.6. The van der Waals surface area contributed by atoms with Crippen LogP contribution in [0.3, 0.4) is 0 Å². The highest BCUT2D eigenvalue weighted by Gasteiger charge is 2.47. The lowest BCUT2D eigenvalue weighted by atomic mass is 9.69. The predicted molar refractivity (Wildman–Crippen MR) is 132 cm³/mol. The quantitative estimate of drug-likeness (QED) is 0.350. The van der Waals surface area contributed by atoms with Gasteiger partial charge in [0.2, 0.25) is 5.69 Å². The van der Waals surface area contributed by atoms with Crippen LogP contribution in [-0.4, -0.2) is 23.1 Å². The molecule has 2 aliphatic heterocycles. The van der Waals surface area contributed by atoms with E-state index in [1.54, 1.807) is 12.3 Å². The zero-order chi connectivity index (χ0) is 24.7. The van der Waals surface area contributed by atoms with Crippen LogP contribution in [-0.2, 0) is 14.9 Å². The third-order valence-electron chi connectivity index (χ3n) is 6.75. The van der Waals surface area contributed by atoms with Crippen LogP contribution in [0.15, 0.2) is 95.6 Å². The van der Waals surface area contributed by atoms with E-state index in [0.717, 1.165) is 22.5 Å². The maximum Gasteiger partial charge on any atom is 0.209 e. The van der Waals surface area contributed by atoms with Gasteiger partial charge in [-0.2, -0.15) is 15.1 Å². The van der Waals surface area contributed by atoms with E-state index in [9.17, 15) is 15.3 Å². The van der Waals surface area contributed by atoms with E-state index < -0.39 is 5.92 Å². The number of benzene rings is 2. The molecule has 6 heteroatoms. The van der Waals surface area contributed by atoms with Crippen molar-refractivity contribution in [2.45, 2.75) is 19.3 Å². The number of hydrogen-bond donors (Lipinski definition) is 0. The van der Waals surface area contributed by atoms with Crippen LogP contribution in [0.1, 0.15) is 25.0 Å². The molecule has 0 spiro atoms. The van der Waals surface area contributed by atoms with Crippen LogP contribution in [0.5, 0.6) is 0 Å². The molecule has 1 atom stereocenters. The number of carbonyl (C=O) groups excluding carboxylic acids is 1. The zero-order valence-corrected chi connectivity index (χ0v) is 19.6. The Morgan fingerprint density at radius 3 is 2.46 bits per heavy atom. The van der Waals surface area contributed by atoms with Gasteiger partial charge in [-0.05, 0) is 19.9 Å². The number of ether oxygens (including phenoxy) is 1. The van der Waals surface area contributed by atoms with Gasteiger partial charge in [0.1, 0.15) is 30.5 Å². The lowest BCUT2D eigenvalue weighted by Crippen LogP contribution is -2.35. The molecule has 0 aromatic heterocycles. The minimum Gasteiger partial charge on any atom is -0.630 e. The van der Waals surface area contributed by atoms with Crippen molar-refractivity contribution in [2.24, 2.45) is 5.92 Å². The van der Waals surface area contributed by atoms with Gasteiger partial charge < -0.3 is 10.1 Å². The fourth-order valence-electron chi connectivity index (χ4n) is 4.90. The Morgan fingerprint density at radius 1 is 1.09 bits per heavy atom. The minimum absolute atomic E-state index is 0.0801. The molecule has 0 bridgehead atoms. The molecule has 3 aliphatic rings. The summed E-state index contributed by atoms with van der Waals surface area (Å²) in [7, 11) is 1.96. The Hall–Kier alpha value is -4.68. The maximum atomic E-state index is 13.3. The number of ketones is 1. The first-order valence-corrected chi connectivity index (χ1v) is 11.2. The highest BCUT2D eigenvalue weighted by atomic mass is 16.5. The molecule has 0 radical (unpaired) electrons. The fourth-order valence-corrected chi connectivity index (χ4v) is 4.90. The number of Topliss-reactive ketones (excluding diaryl/α,β-unsaturated/α-hetero) is 1. The normalized spacial score (nSPS) is 22.1. The number of allylic oxidation sites excluding steroid dienone is 5. The fraction of sp³-hybridized carbons (Fsp3) is 0.172. The van der Waals surface area contributed by atoms with Crippen LogP contribution in [0.4, 0.5) is 5.69 Å². The predicted octanol–water partition coefficient (Wildman–Crippen LogP) is 5.41. The highest BCUT2D eigenvalue weighted by molar-refractivity contribution is 6.19. The monoisotopic (exact) mass is 458 g/mol. The molecule has 1 unspecified atom stereocenters. The topological polar surface area (TPSA) is 91.0 Å². The van der Waals surface area contributed by atoms with E-state index >= 15 is 0 Å². The number of fused-ring (bicyclic) bond motifs is 1. The summed E-state index contributed by atoms with van der Waals surface area (Å²) in [6.07, 6.45) is 5.00. The van der Waals surface area contributed by atoms with Crippen molar-refractivity contribution in [3.63, 3.8) is 0 Å². The first kappa shape index (κ1) is 22.1. The van der Waals surface area contributed by atoms with E-state index in [0.29, 0.717) is 16.9 Å². The Labute approximate surface area is 204 Å². The molecule has 1 saturated carbocycles. The molecule has 35 heavy (non-hydrogen) atoms. The lowest BCUT2D eigenvalue weighted by Gasteiger charge is -2.31. The summed E-state index contributed by atoms with van der Waals surface area (Å²) < 4.78 is 7.90. The summed E-state index contributed by atoms with van der Waals surface area (Å²) in [5.41, 5.74) is 4.38. The number of rotatable bonds is 3. The summed E-state index contributed by atoms with van der Waals surface area (Å²) in [4.78, 5) is 13.3.